The summed E-state index contributed by atoms with van der Waals surface area (Å²) < 4.78 is 10.7. The standard InChI is InChI=1S/C14H16N2O3/c1-2-13-15-14(19-16-13)8-18-10-4-5-11-9(7-10)3-6-12(11)17/h4-5,7,12,17H,2-3,6,8H2,1H3/t12-/m1/s1. The lowest BCUT2D eigenvalue weighted by atomic mass is 10.1. The van der Waals surface area contributed by atoms with Gasteiger partial charge in [0, 0.05) is 6.42 Å². The van der Waals surface area contributed by atoms with E-state index in [2.05, 4.69) is 10.1 Å². The molecular formula is C14H16N2O3. The van der Waals surface area contributed by atoms with E-state index in [-0.39, 0.29) is 12.7 Å². The normalized spacial score (nSPS) is 17.5. The van der Waals surface area contributed by atoms with E-state index in [0.29, 0.717) is 11.7 Å². The first-order valence-corrected chi connectivity index (χ1v) is 6.51. The van der Waals surface area contributed by atoms with E-state index in [9.17, 15) is 5.11 Å². The summed E-state index contributed by atoms with van der Waals surface area (Å²) in [7, 11) is 0. The van der Waals surface area contributed by atoms with Crippen molar-refractivity contribution in [2.75, 3.05) is 0 Å². The maximum atomic E-state index is 9.74. The maximum absolute atomic E-state index is 9.74. The molecule has 1 aromatic heterocycles. The summed E-state index contributed by atoms with van der Waals surface area (Å²) in [6.45, 7) is 2.25. The Hall–Kier alpha value is -1.88. The average molecular weight is 260 g/mol. The molecule has 0 saturated carbocycles. The molecule has 1 aliphatic rings. The van der Waals surface area contributed by atoms with Crippen LogP contribution in [0.3, 0.4) is 0 Å². The number of fused-ring (bicyclic) bond motifs is 1. The topological polar surface area (TPSA) is 68.4 Å². The highest BCUT2D eigenvalue weighted by atomic mass is 16.5. The van der Waals surface area contributed by atoms with Gasteiger partial charge in [-0.2, -0.15) is 4.98 Å². The molecule has 1 aliphatic carbocycles. The second kappa shape index (κ2) is 5.01. The van der Waals surface area contributed by atoms with Gasteiger partial charge in [-0.3, -0.25) is 0 Å². The zero-order valence-electron chi connectivity index (χ0n) is 10.8. The van der Waals surface area contributed by atoms with Crippen LogP contribution in [0.25, 0.3) is 0 Å². The zero-order chi connectivity index (χ0) is 13.2. The van der Waals surface area contributed by atoms with Crippen LogP contribution in [0, 0.1) is 0 Å². The summed E-state index contributed by atoms with van der Waals surface area (Å²) in [5, 5.41) is 13.6. The van der Waals surface area contributed by atoms with Gasteiger partial charge in [0.15, 0.2) is 12.4 Å². The van der Waals surface area contributed by atoms with Crippen molar-refractivity contribution >= 4 is 0 Å². The van der Waals surface area contributed by atoms with Crippen molar-refractivity contribution in [2.45, 2.75) is 38.9 Å². The maximum Gasteiger partial charge on any atom is 0.264 e. The van der Waals surface area contributed by atoms with Crippen LogP contribution in [0.1, 0.15) is 42.3 Å². The number of aromatic nitrogens is 2. The highest BCUT2D eigenvalue weighted by molar-refractivity contribution is 5.39. The van der Waals surface area contributed by atoms with Crippen LogP contribution in [0.4, 0.5) is 0 Å². The number of aliphatic hydroxyl groups excluding tert-OH is 1. The minimum absolute atomic E-state index is 0.272. The van der Waals surface area contributed by atoms with Gasteiger partial charge < -0.3 is 14.4 Å². The molecule has 0 spiro atoms. The Labute approximate surface area is 111 Å². The van der Waals surface area contributed by atoms with E-state index >= 15 is 0 Å². The second-order valence-corrected chi connectivity index (χ2v) is 4.66. The van der Waals surface area contributed by atoms with Crippen molar-refractivity contribution < 1.29 is 14.4 Å². The third-order valence-electron chi connectivity index (χ3n) is 3.35. The SMILES string of the molecule is CCc1noc(COc2ccc3c(c2)CC[C@H]3O)n1. The van der Waals surface area contributed by atoms with Gasteiger partial charge in [0.05, 0.1) is 6.10 Å². The van der Waals surface area contributed by atoms with Gasteiger partial charge in [-0.15, -0.1) is 0 Å². The lowest BCUT2D eigenvalue weighted by Crippen LogP contribution is -1.97. The number of ether oxygens (including phenoxy) is 1. The monoisotopic (exact) mass is 260 g/mol. The van der Waals surface area contributed by atoms with Gasteiger partial charge >= 0.3 is 0 Å². The molecule has 0 saturated heterocycles. The Morgan fingerprint density at radius 2 is 2.37 bits per heavy atom. The molecule has 2 aromatic rings. The number of nitrogens with zero attached hydrogens (tertiary/aromatic N) is 2. The molecule has 5 nitrogen and oxygen atoms in total. The van der Waals surface area contributed by atoms with Gasteiger partial charge in [0.1, 0.15) is 5.75 Å². The second-order valence-electron chi connectivity index (χ2n) is 4.66. The number of benzene rings is 1. The highest BCUT2D eigenvalue weighted by Crippen LogP contribution is 2.33. The molecule has 5 heteroatoms. The Bertz CT molecular complexity index is 580. The van der Waals surface area contributed by atoms with Crippen molar-refractivity contribution in [1.29, 1.82) is 0 Å². The molecule has 1 heterocycles. The molecule has 3 rings (SSSR count). The fourth-order valence-corrected chi connectivity index (χ4v) is 2.30. The van der Waals surface area contributed by atoms with Crippen LogP contribution in [-0.2, 0) is 19.4 Å². The van der Waals surface area contributed by atoms with E-state index < -0.39 is 0 Å². The molecule has 100 valence electrons. The first-order valence-electron chi connectivity index (χ1n) is 6.51. The fraction of sp³-hybridized carbons (Fsp3) is 0.429. The van der Waals surface area contributed by atoms with Gasteiger partial charge in [-0.25, -0.2) is 0 Å². The first-order chi connectivity index (χ1) is 9.26. The summed E-state index contributed by atoms with van der Waals surface area (Å²) in [6, 6.07) is 5.76. The van der Waals surface area contributed by atoms with Gasteiger partial charge in [-0.1, -0.05) is 18.1 Å². The third-order valence-corrected chi connectivity index (χ3v) is 3.35. The average Bonchev–Trinajstić information content (AvgIpc) is 3.03. The van der Waals surface area contributed by atoms with E-state index in [1.54, 1.807) is 0 Å². The Kier molecular flexibility index (Phi) is 3.21. The van der Waals surface area contributed by atoms with Crippen LogP contribution in [0.2, 0.25) is 0 Å². The number of aryl methyl sites for hydroxylation is 2. The van der Waals surface area contributed by atoms with Crippen LogP contribution in [0.5, 0.6) is 5.75 Å². The smallest absolute Gasteiger partial charge is 0.264 e. The molecular weight excluding hydrogens is 244 g/mol. The van der Waals surface area contributed by atoms with Crippen molar-refractivity contribution in [3.63, 3.8) is 0 Å². The summed E-state index contributed by atoms with van der Waals surface area (Å²) in [6.07, 6.45) is 2.11. The Morgan fingerprint density at radius 3 is 3.16 bits per heavy atom. The molecule has 0 bridgehead atoms. The van der Waals surface area contributed by atoms with Gasteiger partial charge in [-0.05, 0) is 36.1 Å². The Balaban J connectivity index is 1.67. The van der Waals surface area contributed by atoms with Crippen molar-refractivity contribution in [1.82, 2.24) is 10.1 Å². The molecule has 1 atom stereocenters. The third kappa shape index (κ3) is 2.46. The largest absolute Gasteiger partial charge is 0.484 e. The van der Waals surface area contributed by atoms with Crippen LogP contribution in [0.15, 0.2) is 22.7 Å². The summed E-state index contributed by atoms with van der Waals surface area (Å²) in [5.41, 5.74) is 2.17. The van der Waals surface area contributed by atoms with E-state index in [0.717, 1.165) is 36.1 Å². The molecule has 0 unspecified atom stereocenters. The summed E-state index contributed by atoms with van der Waals surface area (Å²) in [5.74, 6) is 1.94. The lowest BCUT2D eigenvalue weighted by molar-refractivity contribution is 0.180. The zero-order valence-corrected chi connectivity index (χ0v) is 10.8. The Morgan fingerprint density at radius 1 is 1.47 bits per heavy atom. The van der Waals surface area contributed by atoms with E-state index in [4.69, 9.17) is 9.26 Å². The number of hydrogen-bond acceptors (Lipinski definition) is 5. The van der Waals surface area contributed by atoms with E-state index in [1.165, 1.54) is 0 Å². The highest BCUT2D eigenvalue weighted by Gasteiger charge is 2.20. The predicted molar refractivity (Wildman–Crippen MR) is 67.7 cm³/mol. The van der Waals surface area contributed by atoms with Crippen LogP contribution in [-0.4, -0.2) is 15.2 Å². The number of aliphatic hydroxyl groups is 1. The predicted octanol–water partition coefficient (Wildman–Crippen LogP) is 2.19. The minimum atomic E-state index is -0.327. The van der Waals surface area contributed by atoms with E-state index in [1.807, 2.05) is 25.1 Å². The first kappa shape index (κ1) is 12.2. The van der Waals surface area contributed by atoms with Crippen molar-refractivity contribution in [2.24, 2.45) is 0 Å². The molecule has 1 aromatic carbocycles. The quantitative estimate of drug-likeness (QED) is 0.912. The van der Waals surface area contributed by atoms with Crippen LogP contribution < -0.4 is 4.74 Å². The molecule has 1 N–H and O–H groups in total. The number of hydrogen-bond donors (Lipinski definition) is 1. The van der Waals surface area contributed by atoms with Gasteiger partial charge in [0.25, 0.3) is 5.89 Å². The molecule has 0 radical (unpaired) electrons. The number of rotatable bonds is 4. The van der Waals surface area contributed by atoms with Crippen LogP contribution >= 0.6 is 0 Å². The fourth-order valence-electron chi connectivity index (χ4n) is 2.30. The molecule has 0 fully saturated rings. The lowest BCUT2D eigenvalue weighted by Gasteiger charge is -2.07. The van der Waals surface area contributed by atoms with Crippen molar-refractivity contribution in [3.8, 4) is 5.75 Å². The molecule has 0 amide bonds. The summed E-state index contributed by atoms with van der Waals surface area (Å²) in [4.78, 5) is 4.19. The minimum Gasteiger partial charge on any atom is -0.484 e. The molecule has 0 aliphatic heterocycles. The van der Waals surface area contributed by atoms with Crippen molar-refractivity contribution in [3.05, 3.63) is 41.0 Å². The summed E-state index contributed by atoms with van der Waals surface area (Å²) >= 11 is 0. The van der Waals surface area contributed by atoms with Gasteiger partial charge in [0.2, 0.25) is 0 Å². The molecule has 19 heavy (non-hydrogen) atoms.